The maximum absolute atomic E-state index is 12.0. The van der Waals surface area contributed by atoms with Gasteiger partial charge in [-0.25, -0.2) is 13.4 Å². The van der Waals surface area contributed by atoms with E-state index in [-0.39, 0.29) is 10.2 Å². The number of carbonyl (C=O) groups excluding carboxylic acids is 1. The van der Waals surface area contributed by atoms with Gasteiger partial charge in [-0.1, -0.05) is 6.07 Å². The van der Waals surface area contributed by atoms with Crippen LogP contribution in [0.1, 0.15) is 18.5 Å². The summed E-state index contributed by atoms with van der Waals surface area (Å²) in [6.07, 6.45) is 1.55. The second-order valence-corrected chi connectivity index (χ2v) is 7.83. The lowest BCUT2D eigenvalue weighted by Crippen LogP contribution is -2.11. The Hall–Kier alpha value is -1.45. The molecule has 2 rings (SSSR count). The molecule has 0 bridgehead atoms. The lowest BCUT2D eigenvalue weighted by Gasteiger charge is -2.01. The second kappa shape index (κ2) is 7.01. The summed E-state index contributed by atoms with van der Waals surface area (Å²) in [6, 6.07) is 3.22. The zero-order valence-electron chi connectivity index (χ0n) is 11.2. The third kappa shape index (κ3) is 4.51. The number of thiophene rings is 1. The van der Waals surface area contributed by atoms with E-state index in [0.717, 1.165) is 17.0 Å². The lowest BCUT2D eigenvalue weighted by molar-refractivity contribution is -0.140. The fraction of sp³-hybridized carbons (Fsp3) is 0.333. The number of hydrogen-bond donors (Lipinski definition) is 1. The Labute approximate surface area is 130 Å². The summed E-state index contributed by atoms with van der Waals surface area (Å²) in [5.74, 6) is -0.260. The van der Waals surface area contributed by atoms with Crippen LogP contribution in [0.4, 0.5) is 5.13 Å². The lowest BCUT2D eigenvalue weighted by atomic mass is 10.2. The standard InChI is InChI=1S/C12H14N2O4S3/c1-18-10(15)5-2-4-9-8-20-12(13-9)14-21(16,17)11-6-3-7-19-11/h3,6-8H,2,4-5H2,1H3,(H,13,14). The van der Waals surface area contributed by atoms with E-state index >= 15 is 0 Å². The van der Waals surface area contributed by atoms with Gasteiger partial charge in [0.05, 0.1) is 12.8 Å². The van der Waals surface area contributed by atoms with Crippen molar-refractivity contribution in [3.63, 3.8) is 0 Å². The third-order valence-corrected chi connectivity index (χ3v) is 6.25. The van der Waals surface area contributed by atoms with Gasteiger partial charge in [0.15, 0.2) is 5.13 Å². The minimum absolute atomic E-state index is 0.255. The fourth-order valence-electron chi connectivity index (χ4n) is 1.57. The summed E-state index contributed by atoms with van der Waals surface area (Å²) in [5, 5.41) is 3.81. The van der Waals surface area contributed by atoms with Crippen molar-refractivity contribution in [3.8, 4) is 0 Å². The zero-order chi connectivity index (χ0) is 15.3. The predicted octanol–water partition coefficient (Wildman–Crippen LogP) is 2.50. The first-order chi connectivity index (χ1) is 10.0. The number of sulfonamides is 1. The van der Waals surface area contributed by atoms with Gasteiger partial charge in [-0.3, -0.25) is 9.52 Å². The molecule has 21 heavy (non-hydrogen) atoms. The monoisotopic (exact) mass is 346 g/mol. The van der Waals surface area contributed by atoms with Gasteiger partial charge in [0.1, 0.15) is 4.21 Å². The van der Waals surface area contributed by atoms with E-state index in [0.29, 0.717) is 24.4 Å². The Morgan fingerprint density at radius 3 is 2.90 bits per heavy atom. The second-order valence-electron chi connectivity index (χ2n) is 4.11. The maximum Gasteiger partial charge on any atom is 0.305 e. The quantitative estimate of drug-likeness (QED) is 0.779. The van der Waals surface area contributed by atoms with Gasteiger partial charge in [-0.05, 0) is 24.3 Å². The normalized spacial score (nSPS) is 11.3. The molecule has 114 valence electrons. The predicted molar refractivity (Wildman–Crippen MR) is 82.2 cm³/mol. The summed E-state index contributed by atoms with van der Waals surface area (Å²) in [7, 11) is -2.20. The topological polar surface area (TPSA) is 85.4 Å². The van der Waals surface area contributed by atoms with Crippen molar-refractivity contribution in [1.29, 1.82) is 0 Å². The summed E-state index contributed by atoms with van der Waals surface area (Å²) in [4.78, 5) is 15.2. The van der Waals surface area contributed by atoms with Crippen molar-refractivity contribution >= 4 is 43.8 Å². The highest BCUT2D eigenvalue weighted by Gasteiger charge is 2.17. The molecule has 2 aromatic rings. The smallest absolute Gasteiger partial charge is 0.305 e. The molecule has 9 heteroatoms. The number of aryl methyl sites for hydroxylation is 1. The largest absolute Gasteiger partial charge is 0.469 e. The molecule has 0 radical (unpaired) electrons. The number of thiazole rings is 1. The van der Waals surface area contributed by atoms with Crippen LogP contribution in [0.3, 0.4) is 0 Å². The van der Waals surface area contributed by atoms with E-state index < -0.39 is 10.0 Å². The number of methoxy groups -OCH3 is 1. The van der Waals surface area contributed by atoms with E-state index in [2.05, 4.69) is 14.4 Å². The fourth-order valence-corrected chi connectivity index (χ4v) is 4.56. The number of carbonyl (C=O) groups is 1. The molecule has 0 unspecified atom stereocenters. The highest BCUT2D eigenvalue weighted by Crippen LogP contribution is 2.23. The van der Waals surface area contributed by atoms with Crippen LogP contribution in [0.5, 0.6) is 0 Å². The molecule has 0 saturated heterocycles. The SMILES string of the molecule is COC(=O)CCCc1csc(NS(=O)(=O)c2cccs2)n1. The molecule has 0 atom stereocenters. The van der Waals surface area contributed by atoms with Gasteiger partial charge >= 0.3 is 5.97 Å². The summed E-state index contributed by atoms with van der Waals surface area (Å²) in [6.45, 7) is 0. The van der Waals surface area contributed by atoms with Crippen molar-refractivity contribution in [2.45, 2.75) is 23.5 Å². The van der Waals surface area contributed by atoms with Gasteiger partial charge < -0.3 is 4.74 Å². The average Bonchev–Trinajstić information content (AvgIpc) is 3.09. The van der Waals surface area contributed by atoms with Crippen LogP contribution >= 0.6 is 22.7 Å². The number of esters is 1. The molecule has 0 aliphatic heterocycles. The van der Waals surface area contributed by atoms with Gasteiger partial charge in [-0.2, -0.15) is 0 Å². The Bertz CT molecular complexity index is 692. The molecule has 0 saturated carbocycles. The summed E-state index contributed by atoms with van der Waals surface area (Å²) in [5.41, 5.74) is 0.757. The van der Waals surface area contributed by atoms with Gasteiger partial charge in [0.2, 0.25) is 0 Å². The van der Waals surface area contributed by atoms with Crippen LogP contribution in [-0.2, 0) is 26.0 Å². The van der Waals surface area contributed by atoms with Crippen molar-refractivity contribution in [1.82, 2.24) is 4.98 Å². The molecule has 2 aromatic heterocycles. The number of anilines is 1. The number of hydrogen-bond acceptors (Lipinski definition) is 7. The average molecular weight is 346 g/mol. The van der Waals surface area contributed by atoms with Gasteiger partial charge in [0.25, 0.3) is 10.0 Å². The maximum atomic E-state index is 12.0. The van der Waals surface area contributed by atoms with E-state index in [1.807, 2.05) is 0 Å². The van der Waals surface area contributed by atoms with Crippen molar-refractivity contribution in [2.24, 2.45) is 0 Å². The molecule has 0 amide bonds. The molecular formula is C12H14N2O4S3. The summed E-state index contributed by atoms with van der Waals surface area (Å²) < 4.78 is 31.3. The highest BCUT2D eigenvalue weighted by molar-refractivity contribution is 7.94. The number of aromatic nitrogens is 1. The minimum Gasteiger partial charge on any atom is -0.469 e. The Morgan fingerprint density at radius 2 is 2.24 bits per heavy atom. The molecule has 0 fully saturated rings. The van der Waals surface area contributed by atoms with Crippen LogP contribution in [0.2, 0.25) is 0 Å². The molecule has 1 N–H and O–H groups in total. The van der Waals surface area contributed by atoms with Crippen LogP contribution in [-0.4, -0.2) is 26.5 Å². The number of nitrogens with one attached hydrogen (secondary N) is 1. The Kier molecular flexibility index (Phi) is 5.32. The van der Waals surface area contributed by atoms with Crippen LogP contribution in [0.15, 0.2) is 27.1 Å². The van der Waals surface area contributed by atoms with Crippen LogP contribution in [0.25, 0.3) is 0 Å². The highest BCUT2D eigenvalue weighted by atomic mass is 32.2. The number of rotatable bonds is 7. The van der Waals surface area contributed by atoms with Crippen molar-refractivity contribution in [2.75, 3.05) is 11.8 Å². The minimum atomic E-state index is -3.55. The molecule has 6 nitrogen and oxygen atoms in total. The van der Waals surface area contributed by atoms with Crippen LogP contribution < -0.4 is 4.72 Å². The Morgan fingerprint density at radius 1 is 1.43 bits per heavy atom. The number of nitrogens with zero attached hydrogens (tertiary/aromatic N) is 1. The van der Waals surface area contributed by atoms with Gasteiger partial charge in [0, 0.05) is 11.8 Å². The zero-order valence-corrected chi connectivity index (χ0v) is 13.7. The van der Waals surface area contributed by atoms with E-state index in [4.69, 9.17) is 0 Å². The van der Waals surface area contributed by atoms with E-state index in [9.17, 15) is 13.2 Å². The molecule has 0 spiro atoms. The van der Waals surface area contributed by atoms with Crippen LogP contribution in [0, 0.1) is 0 Å². The molecular weight excluding hydrogens is 332 g/mol. The first-order valence-electron chi connectivity index (χ1n) is 6.09. The van der Waals surface area contributed by atoms with E-state index in [1.165, 1.54) is 24.5 Å². The third-order valence-electron chi connectivity index (χ3n) is 2.57. The van der Waals surface area contributed by atoms with Crippen molar-refractivity contribution in [3.05, 3.63) is 28.6 Å². The Balaban J connectivity index is 1.93. The molecule has 2 heterocycles. The van der Waals surface area contributed by atoms with Crippen molar-refractivity contribution < 1.29 is 17.9 Å². The number of ether oxygens (including phenoxy) is 1. The first-order valence-corrected chi connectivity index (χ1v) is 9.33. The molecule has 0 aliphatic carbocycles. The first kappa shape index (κ1) is 15.9. The van der Waals surface area contributed by atoms with Gasteiger partial charge in [-0.15, -0.1) is 22.7 Å². The molecule has 0 aliphatic rings. The molecule has 0 aromatic carbocycles. The summed E-state index contributed by atoms with van der Waals surface area (Å²) >= 11 is 2.38. The van der Waals surface area contributed by atoms with E-state index in [1.54, 1.807) is 16.8 Å².